The third-order valence-corrected chi connectivity index (χ3v) is 7.56. The Morgan fingerprint density at radius 2 is 1.81 bits per heavy atom. The van der Waals surface area contributed by atoms with Crippen LogP contribution < -0.4 is 10.1 Å². The normalized spacial score (nSPS) is 15.7. The number of hydrogen-bond donors (Lipinski definition) is 1. The largest absolute Gasteiger partial charge is 0.491 e. The van der Waals surface area contributed by atoms with Crippen LogP contribution in [-0.4, -0.2) is 37.8 Å². The van der Waals surface area contributed by atoms with Gasteiger partial charge in [0.25, 0.3) is 0 Å². The Morgan fingerprint density at radius 3 is 2.42 bits per heavy atom. The van der Waals surface area contributed by atoms with Crippen LogP contribution in [0.3, 0.4) is 0 Å². The summed E-state index contributed by atoms with van der Waals surface area (Å²) in [7, 11) is -3.40. The molecule has 0 unspecified atom stereocenters. The Labute approximate surface area is 193 Å². The minimum absolute atomic E-state index is 0.0217. The molecular weight excluding hydrogens is 480 g/mol. The Morgan fingerprint density at radius 1 is 1.13 bits per heavy atom. The Hall–Kier alpha value is -1.90. The number of sulfonamides is 1. The van der Waals surface area contributed by atoms with E-state index in [1.165, 1.54) is 4.31 Å². The quantitative estimate of drug-likeness (QED) is 0.582. The fourth-order valence-corrected chi connectivity index (χ4v) is 5.61. The van der Waals surface area contributed by atoms with Crippen LogP contribution in [0.25, 0.3) is 0 Å². The molecule has 1 amide bonds. The molecule has 2 aromatic rings. The predicted octanol–water partition coefficient (Wildman–Crippen LogP) is 4.09. The number of carbonyl (C=O) groups excluding carboxylic acids is 1. The fourth-order valence-electron chi connectivity index (χ4n) is 3.62. The second-order valence-electron chi connectivity index (χ2n) is 8.09. The lowest BCUT2D eigenvalue weighted by molar-refractivity contribution is -0.126. The van der Waals surface area contributed by atoms with Gasteiger partial charge in [0.05, 0.1) is 11.9 Å². The van der Waals surface area contributed by atoms with Crippen molar-refractivity contribution in [2.75, 3.05) is 13.1 Å². The van der Waals surface area contributed by atoms with Gasteiger partial charge in [0.2, 0.25) is 15.9 Å². The van der Waals surface area contributed by atoms with Gasteiger partial charge in [-0.15, -0.1) is 0 Å². The SMILES string of the molecule is CC(C)Oc1ccc(CNC(=O)C2CCN(S(=O)(=O)Cc3cccc(Br)c3)CC2)cc1. The number of amides is 1. The van der Waals surface area contributed by atoms with Crippen molar-refractivity contribution in [3.63, 3.8) is 0 Å². The first kappa shape index (κ1) is 23.8. The van der Waals surface area contributed by atoms with E-state index in [4.69, 9.17) is 4.74 Å². The van der Waals surface area contributed by atoms with Gasteiger partial charge in [0.15, 0.2) is 0 Å². The van der Waals surface area contributed by atoms with Crippen molar-refractivity contribution in [2.45, 2.75) is 45.1 Å². The van der Waals surface area contributed by atoms with Crippen molar-refractivity contribution in [3.8, 4) is 5.75 Å². The molecule has 31 heavy (non-hydrogen) atoms. The molecule has 1 aliphatic heterocycles. The molecule has 8 heteroatoms. The molecule has 0 atom stereocenters. The predicted molar refractivity (Wildman–Crippen MR) is 125 cm³/mol. The van der Waals surface area contributed by atoms with E-state index in [1.807, 2.05) is 62.4 Å². The van der Waals surface area contributed by atoms with Gasteiger partial charge in [-0.2, -0.15) is 0 Å². The van der Waals surface area contributed by atoms with Crippen LogP contribution in [0, 0.1) is 5.92 Å². The summed E-state index contributed by atoms with van der Waals surface area (Å²) in [4.78, 5) is 12.6. The molecule has 3 rings (SSSR count). The van der Waals surface area contributed by atoms with Crippen LogP contribution >= 0.6 is 15.9 Å². The van der Waals surface area contributed by atoms with E-state index in [-0.39, 0.29) is 23.7 Å². The molecule has 0 saturated carbocycles. The Kier molecular flexibility index (Phi) is 8.13. The second-order valence-corrected chi connectivity index (χ2v) is 11.0. The van der Waals surface area contributed by atoms with Gasteiger partial charge in [0, 0.05) is 30.0 Å². The molecule has 1 N–H and O–H groups in total. The molecule has 1 aliphatic rings. The molecule has 1 heterocycles. The first-order valence-electron chi connectivity index (χ1n) is 10.5. The first-order valence-corrected chi connectivity index (χ1v) is 12.9. The van der Waals surface area contributed by atoms with Crippen molar-refractivity contribution < 1.29 is 17.9 Å². The maximum absolute atomic E-state index is 12.7. The smallest absolute Gasteiger partial charge is 0.223 e. The van der Waals surface area contributed by atoms with Crippen LogP contribution in [0.1, 0.15) is 37.8 Å². The number of nitrogens with one attached hydrogen (secondary N) is 1. The standard InChI is InChI=1S/C23H29BrN2O4S/c1-17(2)30-22-8-6-18(7-9-22)15-25-23(27)20-10-12-26(13-11-20)31(28,29)16-19-4-3-5-21(24)14-19/h3-9,14,17,20H,10-13,15-16H2,1-2H3,(H,25,27). The van der Waals surface area contributed by atoms with E-state index in [9.17, 15) is 13.2 Å². The zero-order valence-electron chi connectivity index (χ0n) is 17.9. The lowest BCUT2D eigenvalue weighted by Crippen LogP contribution is -2.43. The fraction of sp³-hybridized carbons (Fsp3) is 0.435. The maximum Gasteiger partial charge on any atom is 0.223 e. The minimum atomic E-state index is -3.40. The van der Waals surface area contributed by atoms with Crippen LogP contribution in [-0.2, 0) is 27.1 Å². The van der Waals surface area contributed by atoms with E-state index in [0.29, 0.717) is 32.5 Å². The highest BCUT2D eigenvalue weighted by molar-refractivity contribution is 9.10. The van der Waals surface area contributed by atoms with Crippen molar-refractivity contribution >= 4 is 31.9 Å². The number of piperidine rings is 1. The molecular formula is C23H29BrN2O4S. The highest BCUT2D eigenvalue weighted by Crippen LogP contribution is 2.23. The summed E-state index contributed by atoms with van der Waals surface area (Å²) in [5, 5.41) is 2.98. The summed E-state index contributed by atoms with van der Waals surface area (Å²) in [6.45, 7) is 5.14. The van der Waals surface area contributed by atoms with Gasteiger partial charge in [0.1, 0.15) is 5.75 Å². The monoisotopic (exact) mass is 508 g/mol. The minimum Gasteiger partial charge on any atom is -0.491 e. The van der Waals surface area contributed by atoms with Crippen molar-refractivity contribution in [2.24, 2.45) is 5.92 Å². The molecule has 1 saturated heterocycles. The van der Waals surface area contributed by atoms with Crippen molar-refractivity contribution in [3.05, 3.63) is 64.1 Å². The third-order valence-electron chi connectivity index (χ3n) is 5.22. The van der Waals surface area contributed by atoms with E-state index in [0.717, 1.165) is 21.3 Å². The van der Waals surface area contributed by atoms with Crippen molar-refractivity contribution in [1.29, 1.82) is 0 Å². The summed E-state index contributed by atoms with van der Waals surface area (Å²) < 4.78 is 33.5. The van der Waals surface area contributed by atoms with Crippen LogP contribution in [0.15, 0.2) is 53.0 Å². The molecule has 0 radical (unpaired) electrons. The number of nitrogens with zero attached hydrogens (tertiary/aromatic N) is 1. The first-order chi connectivity index (χ1) is 14.7. The molecule has 0 aliphatic carbocycles. The molecule has 0 bridgehead atoms. The average Bonchev–Trinajstić information content (AvgIpc) is 2.72. The lowest BCUT2D eigenvalue weighted by atomic mass is 9.97. The van der Waals surface area contributed by atoms with Crippen LogP contribution in [0.4, 0.5) is 0 Å². The molecule has 2 aromatic carbocycles. The number of benzene rings is 2. The highest BCUT2D eigenvalue weighted by Gasteiger charge is 2.31. The summed E-state index contributed by atoms with van der Waals surface area (Å²) in [5.41, 5.74) is 1.75. The summed E-state index contributed by atoms with van der Waals surface area (Å²) in [6, 6.07) is 15.0. The molecule has 0 spiro atoms. The van der Waals surface area contributed by atoms with Gasteiger partial charge >= 0.3 is 0 Å². The van der Waals surface area contributed by atoms with Crippen molar-refractivity contribution in [1.82, 2.24) is 9.62 Å². The second kappa shape index (κ2) is 10.6. The summed E-state index contributed by atoms with van der Waals surface area (Å²) in [6.07, 6.45) is 1.19. The van der Waals surface area contributed by atoms with Gasteiger partial charge in [-0.25, -0.2) is 12.7 Å². The molecule has 0 aromatic heterocycles. The van der Waals surface area contributed by atoms with Gasteiger partial charge in [-0.3, -0.25) is 4.79 Å². The Bertz CT molecular complexity index is 985. The van der Waals surface area contributed by atoms with Gasteiger partial charge in [-0.05, 0) is 62.1 Å². The third kappa shape index (κ3) is 7.05. The van der Waals surface area contributed by atoms with Crippen LogP contribution in [0.2, 0.25) is 0 Å². The Balaban J connectivity index is 1.47. The molecule has 1 fully saturated rings. The number of ether oxygens (including phenoxy) is 1. The van der Waals surface area contributed by atoms with E-state index >= 15 is 0 Å². The van der Waals surface area contributed by atoms with E-state index in [2.05, 4.69) is 21.2 Å². The zero-order valence-corrected chi connectivity index (χ0v) is 20.3. The van der Waals surface area contributed by atoms with Crippen LogP contribution in [0.5, 0.6) is 5.75 Å². The topological polar surface area (TPSA) is 75.7 Å². The van der Waals surface area contributed by atoms with E-state index < -0.39 is 10.0 Å². The molecule has 6 nitrogen and oxygen atoms in total. The number of hydrogen-bond acceptors (Lipinski definition) is 4. The average molecular weight is 509 g/mol. The highest BCUT2D eigenvalue weighted by atomic mass is 79.9. The van der Waals surface area contributed by atoms with Gasteiger partial charge in [-0.1, -0.05) is 40.2 Å². The zero-order chi connectivity index (χ0) is 22.4. The number of carbonyl (C=O) groups is 1. The number of halogens is 1. The van der Waals surface area contributed by atoms with E-state index in [1.54, 1.807) is 0 Å². The van der Waals surface area contributed by atoms with Gasteiger partial charge < -0.3 is 10.1 Å². The summed E-state index contributed by atoms with van der Waals surface area (Å²) in [5.74, 6) is 0.591. The maximum atomic E-state index is 12.7. The summed E-state index contributed by atoms with van der Waals surface area (Å²) >= 11 is 3.37. The number of rotatable bonds is 8. The lowest BCUT2D eigenvalue weighted by Gasteiger charge is -2.30. The molecule has 168 valence electrons.